The predicted molar refractivity (Wildman–Crippen MR) is 116 cm³/mol. The molecule has 3 aromatic carbocycles. The number of rotatable bonds is 4. The molecule has 3 aromatic rings. The van der Waals surface area contributed by atoms with Gasteiger partial charge in [-0.1, -0.05) is 72.8 Å². The van der Waals surface area contributed by atoms with Crippen LogP contribution in [0.3, 0.4) is 0 Å². The van der Waals surface area contributed by atoms with Crippen molar-refractivity contribution in [2.45, 2.75) is 0 Å². The van der Waals surface area contributed by atoms with E-state index in [1.54, 1.807) is 12.1 Å². The van der Waals surface area contributed by atoms with Gasteiger partial charge in [-0.25, -0.2) is 4.39 Å². The summed E-state index contributed by atoms with van der Waals surface area (Å²) in [5, 5.41) is 0. The largest absolute Gasteiger partial charge is 0.366 e. The van der Waals surface area contributed by atoms with E-state index in [2.05, 4.69) is 0 Å². The third kappa shape index (κ3) is 4.37. The highest BCUT2D eigenvalue weighted by Gasteiger charge is 2.25. The van der Waals surface area contributed by atoms with Gasteiger partial charge in [0.15, 0.2) is 0 Å². The van der Waals surface area contributed by atoms with Crippen LogP contribution in [0.4, 0.5) is 10.1 Å². The number of benzene rings is 3. The molecule has 1 saturated heterocycles. The van der Waals surface area contributed by atoms with E-state index in [9.17, 15) is 9.18 Å². The summed E-state index contributed by atoms with van der Waals surface area (Å²) in [5.41, 5.74) is 3.17. The second kappa shape index (κ2) is 8.74. The molecule has 4 rings (SSSR count). The van der Waals surface area contributed by atoms with E-state index in [0.717, 1.165) is 11.1 Å². The van der Waals surface area contributed by atoms with Crippen molar-refractivity contribution >= 4 is 23.2 Å². The number of carbonyl (C=O) groups excluding carboxylic acids is 1. The second-order valence-electron chi connectivity index (χ2n) is 7.07. The maximum Gasteiger partial charge on any atom is 0.254 e. The van der Waals surface area contributed by atoms with Crippen molar-refractivity contribution in [1.82, 2.24) is 4.90 Å². The first-order valence-corrected chi connectivity index (χ1v) is 9.83. The number of piperazine rings is 1. The fourth-order valence-electron chi connectivity index (χ4n) is 3.63. The van der Waals surface area contributed by atoms with Crippen LogP contribution in [0.25, 0.3) is 11.6 Å². The van der Waals surface area contributed by atoms with E-state index in [-0.39, 0.29) is 11.7 Å². The molecule has 0 aromatic heterocycles. The number of anilines is 1. The summed E-state index contributed by atoms with van der Waals surface area (Å²) in [6.45, 7) is 2.35. The van der Waals surface area contributed by atoms with Crippen molar-refractivity contribution in [3.8, 4) is 0 Å². The van der Waals surface area contributed by atoms with E-state index in [1.807, 2.05) is 82.6 Å². The van der Waals surface area contributed by atoms with Crippen LogP contribution in [0.2, 0.25) is 0 Å². The molecule has 0 spiro atoms. The number of carbonyl (C=O) groups is 1. The van der Waals surface area contributed by atoms with Gasteiger partial charge in [0.1, 0.15) is 5.82 Å². The van der Waals surface area contributed by atoms with Crippen molar-refractivity contribution in [2.75, 3.05) is 31.1 Å². The highest BCUT2D eigenvalue weighted by atomic mass is 19.1. The zero-order valence-electron chi connectivity index (χ0n) is 16.2. The Morgan fingerprint density at radius 2 is 1.34 bits per heavy atom. The lowest BCUT2D eigenvalue weighted by atomic mass is 10.0. The normalized spacial score (nSPS) is 14.7. The summed E-state index contributed by atoms with van der Waals surface area (Å²) in [7, 11) is 0. The number of para-hydroxylation sites is 1. The summed E-state index contributed by atoms with van der Waals surface area (Å²) in [6, 6.07) is 26.4. The SMILES string of the molecule is O=C(/C(=C/c1ccccc1)c1ccccc1)N1CCN(c2ccccc2F)CC1. The highest BCUT2D eigenvalue weighted by molar-refractivity contribution is 6.24. The molecular formula is C25H23FN2O. The zero-order valence-corrected chi connectivity index (χ0v) is 16.2. The standard InChI is InChI=1S/C25H23FN2O/c26-23-13-7-8-14-24(23)27-15-17-28(18-16-27)25(29)22(21-11-5-2-6-12-21)19-20-9-3-1-4-10-20/h1-14,19H,15-18H2/b22-19+. The van der Waals surface area contributed by atoms with Gasteiger partial charge in [0.2, 0.25) is 0 Å². The molecule has 0 unspecified atom stereocenters. The van der Waals surface area contributed by atoms with Gasteiger partial charge < -0.3 is 9.80 Å². The molecule has 0 atom stereocenters. The van der Waals surface area contributed by atoms with E-state index in [4.69, 9.17) is 0 Å². The third-order valence-electron chi connectivity index (χ3n) is 5.19. The maximum absolute atomic E-state index is 14.1. The Kier molecular flexibility index (Phi) is 5.71. The molecule has 3 nitrogen and oxygen atoms in total. The quantitative estimate of drug-likeness (QED) is 0.479. The molecule has 0 radical (unpaired) electrons. The van der Waals surface area contributed by atoms with Crippen molar-refractivity contribution in [3.63, 3.8) is 0 Å². The third-order valence-corrected chi connectivity index (χ3v) is 5.19. The Labute approximate surface area is 170 Å². The number of hydrogen-bond donors (Lipinski definition) is 0. The summed E-state index contributed by atoms with van der Waals surface area (Å²) in [4.78, 5) is 17.2. The summed E-state index contributed by atoms with van der Waals surface area (Å²) in [5.74, 6) is -0.213. The van der Waals surface area contributed by atoms with Crippen LogP contribution in [0.1, 0.15) is 11.1 Å². The van der Waals surface area contributed by atoms with Crippen LogP contribution in [0.5, 0.6) is 0 Å². The minimum Gasteiger partial charge on any atom is -0.366 e. The number of amides is 1. The highest BCUT2D eigenvalue weighted by Crippen LogP contribution is 2.24. The molecular weight excluding hydrogens is 363 g/mol. The van der Waals surface area contributed by atoms with E-state index < -0.39 is 0 Å². The van der Waals surface area contributed by atoms with Gasteiger partial charge in [-0.3, -0.25) is 4.79 Å². The van der Waals surface area contributed by atoms with Gasteiger partial charge in [0.25, 0.3) is 5.91 Å². The first-order chi connectivity index (χ1) is 14.2. The first-order valence-electron chi connectivity index (χ1n) is 9.83. The van der Waals surface area contributed by atoms with Crippen LogP contribution in [-0.4, -0.2) is 37.0 Å². The summed E-state index contributed by atoms with van der Waals surface area (Å²) < 4.78 is 14.1. The van der Waals surface area contributed by atoms with Gasteiger partial charge in [-0.15, -0.1) is 0 Å². The van der Waals surface area contributed by atoms with Gasteiger partial charge >= 0.3 is 0 Å². The molecule has 1 aliphatic heterocycles. The van der Waals surface area contributed by atoms with Crippen LogP contribution in [0.15, 0.2) is 84.9 Å². The van der Waals surface area contributed by atoms with Crippen LogP contribution >= 0.6 is 0 Å². The van der Waals surface area contributed by atoms with Crippen LogP contribution in [-0.2, 0) is 4.79 Å². The minimum atomic E-state index is -0.221. The van der Waals surface area contributed by atoms with Crippen molar-refractivity contribution in [1.29, 1.82) is 0 Å². The molecule has 1 amide bonds. The van der Waals surface area contributed by atoms with Crippen molar-refractivity contribution in [2.24, 2.45) is 0 Å². The lowest BCUT2D eigenvalue weighted by molar-refractivity contribution is -0.125. The summed E-state index contributed by atoms with van der Waals surface area (Å²) in [6.07, 6.45) is 1.95. The second-order valence-corrected chi connectivity index (χ2v) is 7.07. The molecule has 0 saturated carbocycles. The zero-order chi connectivity index (χ0) is 20.1. The van der Waals surface area contributed by atoms with Crippen molar-refractivity contribution in [3.05, 3.63) is 102 Å². The monoisotopic (exact) mass is 386 g/mol. The molecule has 0 bridgehead atoms. The van der Waals surface area contributed by atoms with Crippen LogP contribution in [0, 0.1) is 5.82 Å². The Morgan fingerprint density at radius 3 is 2.00 bits per heavy atom. The average molecular weight is 386 g/mol. The molecule has 4 heteroatoms. The molecule has 1 aliphatic rings. The Morgan fingerprint density at radius 1 is 0.759 bits per heavy atom. The number of hydrogen-bond acceptors (Lipinski definition) is 2. The Balaban J connectivity index is 1.55. The van der Waals surface area contributed by atoms with E-state index >= 15 is 0 Å². The molecule has 1 heterocycles. The average Bonchev–Trinajstić information content (AvgIpc) is 2.79. The molecule has 0 N–H and O–H groups in total. The molecule has 1 fully saturated rings. The fourth-order valence-corrected chi connectivity index (χ4v) is 3.63. The lowest BCUT2D eigenvalue weighted by Crippen LogP contribution is -2.49. The van der Waals surface area contributed by atoms with E-state index in [0.29, 0.717) is 37.4 Å². The molecule has 146 valence electrons. The van der Waals surface area contributed by atoms with E-state index in [1.165, 1.54) is 6.07 Å². The van der Waals surface area contributed by atoms with Gasteiger partial charge in [0, 0.05) is 31.8 Å². The van der Waals surface area contributed by atoms with Crippen molar-refractivity contribution < 1.29 is 9.18 Å². The van der Waals surface area contributed by atoms with Crippen LogP contribution < -0.4 is 4.90 Å². The smallest absolute Gasteiger partial charge is 0.254 e. The number of halogens is 1. The molecule has 0 aliphatic carbocycles. The minimum absolute atomic E-state index is 0.00763. The number of nitrogens with zero attached hydrogens (tertiary/aromatic N) is 2. The maximum atomic E-state index is 14.1. The van der Waals surface area contributed by atoms with Gasteiger partial charge in [-0.2, -0.15) is 0 Å². The van der Waals surface area contributed by atoms with Gasteiger partial charge in [0.05, 0.1) is 5.69 Å². The first kappa shape index (κ1) is 18.9. The predicted octanol–water partition coefficient (Wildman–Crippen LogP) is 4.72. The Hall–Kier alpha value is -3.40. The Bertz CT molecular complexity index is 994. The fraction of sp³-hybridized carbons (Fsp3) is 0.160. The topological polar surface area (TPSA) is 23.6 Å². The lowest BCUT2D eigenvalue weighted by Gasteiger charge is -2.36. The summed E-state index contributed by atoms with van der Waals surface area (Å²) >= 11 is 0. The molecule has 29 heavy (non-hydrogen) atoms. The van der Waals surface area contributed by atoms with Gasteiger partial charge in [-0.05, 0) is 29.3 Å².